The lowest BCUT2D eigenvalue weighted by atomic mass is 9.63. The van der Waals surface area contributed by atoms with E-state index in [1.165, 1.54) is 0 Å². The third kappa shape index (κ3) is 2.81. The van der Waals surface area contributed by atoms with Gasteiger partial charge in [0.1, 0.15) is 6.29 Å². The molecule has 1 spiro atoms. The van der Waals surface area contributed by atoms with Gasteiger partial charge in [0.05, 0.1) is 11.5 Å². The van der Waals surface area contributed by atoms with Gasteiger partial charge in [0.2, 0.25) is 5.91 Å². The van der Waals surface area contributed by atoms with Gasteiger partial charge in [0, 0.05) is 12.5 Å². The first-order valence-electron chi connectivity index (χ1n) is 8.23. The van der Waals surface area contributed by atoms with Crippen molar-refractivity contribution in [3.05, 3.63) is 12.2 Å². The molecule has 5 heteroatoms. The van der Waals surface area contributed by atoms with Crippen LogP contribution in [0.25, 0.3) is 0 Å². The van der Waals surface area contributed by atoms with Crippen molar-refractivity contribution in [2.45, 2.75) is 64.3 Å². The van der Waals surface area contributed by atoms with Gasteiger partial charge in [0.15, 0.2) is 8.32 Å². The van der Waals surface area contributed by atoms with Gasteiger partial charge < -0.3 is 14.5 Å². The van der Waals surface area contributed by atoms with E-state index in [1.807, 2.05) is 12.2 Å². The summed E-state index contributed by atoms with van der Waals surface area (Å²) in [5.74, 6) is -0.295. The molecule has 1 fully saturated rings. The normalized spacial score (nSPS) is 32.9. The van der Waals surface area contributed by atoms with E-state index in [0.29, 0.717) is 13.0 Å². The Bertz CT molecular complexity index is 481. The molecule has 2 aliphatic rings. The summed E-state index contributed by atoms with van der Waals surface area (Å²) in [5, 5.41) is 3.04. The maximum atomic E-state index is 12.7. The fourth-order valence-corrected chi connectivity index (χ4v) is 4.52. The maximum absolute atomic E-state index is 12.7. The van der Waals surface area contributed by atoms with Crippen molar-refractivity contribution >= 4 is 20.5 Å². The van der Waals surface area contributed by atoms with Gasteiger partial charge in [-0.2, -0.15) is 0 Å². The van der Waals surface area contributed by atoms with E-state index < -0.39 is 13.7 Å². The SMILES string of the molecule is CC(C)(C)[Si](C)(C)O[C@@H]1C=CC[C@H](C=O)[C@@]12CCCNC2=O. The molecule has 3 atom stereocenters. The number of rotatable bonds is 3. The van der Waals surface area contributed by atoms with Crippen LogP contribution < -0.4 is 5.32 Å². The van der Waals surface area contributed by atoms with E-state index in [4.69, 9.17) is 4.43 Å². The molecule has 0 aromatic carbocycles. The first-order chi connectivity index (χ1) is 10.1. The molecule has 1 heterocycles. The van der Waals surface area contributed by atoms with Crippen LogP contribution in [-0.4, -0.2) is 33.2 Å². The highest BCUT2D eigenvalue weighted by Gasteiger charge is 2.55. The van der Waals surface area contributed by atoms with E-state index in [9.17, 15) is 9.59 Å². The van der Waals surface area contributed by atoms with Gasteiger partial charge >= 0.3 is 0 Å². The van der Waals surface area contributed by atoms with Crippen molar-refractivity contribution in [3.8, 4) is 0 Å². The van der Waals surface area contributed by atoms with Crippen LogP contribution in [0, 0.1) is 11.3 Å². The number of allylic oxidation sites excluding steroid dienone is 1. The van der Waals surface area contributed by atoms with Crippen molar-refractivity contribution in [2.24, 2.45) is 11.3 Å². The molecule has 2 rings (SSSR count). The van der Waals surface area contributed by atoms with E-state index in [-0.39, 0.29) is 23.0 Å². The van der Waals surface area contributed by atoms with Crippen molar-refractivity contribution in [1.29, 1.82) is 0 Å². The predicted molar refractivity (Wildman–Crippen MR) is 90.1 cm³/mol. The summed E-state index contributed by atoms with van der Waals surface area (Å²) >= 11 is 0. The van der Waals surface area contributed by atoms with Crippen molar-refractivity contribution in [1.82, 2.24) is 5.32 Å². The quantitative estimate of drug-likeness (QED) is 0.493. The molecule has 0 aromatic heterocycles. The second-order valence-electron chi connectivity index (χ2n) is 8.11. The number of carbonyl (C=O) groups is 2. The smallest absolute Gasteiger partial charge is 0.229 e. The Morgan fingerprint density at radius 2 is 2.09 bits per heavy atom. The topological polar surface area (TPSA) is 55.4 Å². The van der Waals surface area contributed by atoms with E-state index in [2.05, 4.69) is 39.2 Å². The van der Waals surface area contributed by atoms with Crippen LogP contribution in [0.5, 0.6) is 0 Å². The van der Waals surface area contributed by atoms with Crippen LogP contribution in [0.2, 0.25) is 18.1 Å². The summed E-state index contributed by atoms with van der Waals surface area (Å²) in [6, 6.07) is 0. The third-order valence-electron chi connectivity index (χ3n) is 5.74. The first kappa shape index (κ1) is 17.4. The molecular formula is C17H29NO3Si. The minimum Gasteiger partial charge on any atom is -0.409 e. The summed E-state index contributed by atoms with van der Waals surface area (Å²) < 4.78 is 6.57. The van der Waals surface area contributed by atoms with Crippen LogP contribution in [0.15, 0.2) is 12.2 Å². The third-order valence-corrected chi connectivity index (χ3v) is 10.2. The van der Waals surface area contributed by atoms with Crippen molar-refractivity contribution in [3.63, 3.8) is 0 Å². The number of carbonyl (C=O) groups excluding carboxylic acids is 2. The molecular weight excluding hydrogens is 294 g/mol. The zero-order chi connectivity index (χ0) is 16.6. The molecule has 1 amide bonds. The minimum atomic E-state index is -2.02. The number of piperidine rings is 1. The fourth-order valence-electron chi connectivity index (χ4n) is 3.24. The summed E-state index contributed by atoms with van der Waals surface area (Å²) in [6.07, 6.45) is 6.95. The molecule has 22 heavy (non-hydrogen) atoms. The standard InChI is InChI=1S/C17H29NO3Si/c1-16(2,3)22(4,5)21-14-9-6-8-13(12-19)17(14)10-7-11-18-15(17)20/h6,9,12-14H,7-8,10-11H2,1-5H3,(H,18,20)/t13-,14-,17+/m1/s1. The van der Waals surface area contributed by atoms with Crippen LogP contribution in [0.3, 0.4) is 0 Å². The van der Waals surface area contributed by atoms with Crippen LogP contribution in [-0.2, 0) is 14.0 Å². The average molecular weight is 324 g/mol. The van der Waals surface area contributed by atoms with Crippen LogP contribution in [0.4, 0.5) is 0 Å². The molecule has 0 saturated carbocycles. The molecule has 1 N–H and O–H groups in total. The Labute approximate surface area is 134 Å². The van der Waals surface area contributed by atoms with E-state index in [0.717, 1.165) is 19.1 Å². The summed E-state index contributed by atoms with van der Waals surface area (Å²) in [6.45, 7) is 11.7. The number of nitrogens with one attached hydrogen (secondary N) is 1. The van der Waals surface area contributed by atoms with Gasteiger partial charge in [0.25, 0.3) is 0 Å². The molecule has 1 aliphatic carbocycles. The average Bonchev–Trinajstić information content (AvgIpc) is 2.42. The Hall–Kier alpha value is -0.943. The predicted octanol–water partition coefficient (Wildman–Crippen LogP) is 3.05. The van der Waals surface area contributed by atoms with Gasteiger partial charge in [-0.15, -0.1) is 0 Å². The lowest BCUT2D eigenvalue weighted by molar-refractivity contribution is -0.148. The molecule has 124 valence electrons. The van der Waals surface area contributed by atoms with Crippen molar-refractivity contribution in [2.75, 3.05) is 6.54 Å². The Balaban J connectivity index is 2.39. The van der Waals surface area contributed by atoms with Crippen molar-refractivity contribution < 1.29 is 14.0 Å². The highest BCUT2D eigenvalue weighted by Crippen LogP contribution is 2.48. The number of aldehydes is 1. The maximum Gasteiger partial charge on any atom is 0.229 e. The van der Waals surface area contributed by atoms with E-state index in [1.54, 1.807) is 0 Å². The summed E-state index contributed by atoms with van der Waals surface area (Å²) in [7, 11) is -2.02. The number of hydrogen-bond donors (Lipinski definition) is 1. The number of hydrogen-bond acceptors (Lipinski definition) is 3. The van der Waals surface area contributed by atoms with Crippen LogP contribution in [0.1, 0.15) is 40.0 Å². The van der Waals surface area contributed by atoms with Gasteiger partial charge in [-0.25, -0.2) is 0 Å². The Kier molecular flexibility index (Phi) is 4.69. The van der Waals surface area contributed by atoms with Gasteiger partial charge in [-0.1, -0.05) is 32.9 Å². The zero-order valence-electron chi connectivity index (χ0n) is 14.4. The lowest BCUT2D eigenvalue weighted by Gasteiger charge is -2.50. The highest BCUT2D eigenvalue weighted by molar-refractivity contribution is 6.74. The molecule has 1 saturated heterocycles. The molecule has 0 bridgehead atoms. The summed E-state index contributed by atoms with van der Waals surface area (Å²) in [4.78, 5) is 24.3. The molecule has 0 radical (unpaired) electrons. The molecule has 1 aliphatic heterocycles. The lowest BCUT2D eigenvalue weighted by Crippen LogP contribution is -2.60. The van der Waals surface area contributed by atoms with Gasteiger partial charge in [-0.05, 0) is 37.4 Å². The Morgan fingerprint density at radius 3 is 2.64 bits per heavy atom. The minimum absolute atomic E-state index is 0.0103. The largest absolute Gasteiger partial charge is 0.409 e. The summed E-state index contributed by atoms with van der Waals surface area (Å²) in [5.41, 5.74) is -0.718. The second kappa shape index (κ2) is 5.93. The van der Waals surface area contributed by atoms with E-state index >= 15 is 0 Å². The highest BCUT2D eigenvalue weighted by atomic mass is 28.4. The molecule has 0 unspecified atom stereocenters. The second-order valence-corrected chi connectivity index (χ2v) is 12.9. The van der Waals surface area contributed by atoms with Crippen LogP contribution >= 0.6 is 0 Å². The fraction of sp³-hybridized carbons (Fsp3) is 0.765. The Morgan fingerprint density at radius 1 is 1.41 bits per heavy atom. The van der Waals surface area contributed by atoms with Gasteiger partial charge in [-0.3, -0.25) is 4.79 Å². The molecule has 4 nitrogen and oxygen atoms in total. The zero-order valence-corrected chi connectivity index (χ0v) is 15.4. The first-order valence-corrected chi connectivity index (χ1v) is 11.1. The number of amides is 1. The monoisotopic (exact) mass is 323 g/mol. The molecule has 0 aromatic rings.